The molecule has 0 saturated carbocycles. The highest BCUT2D eigenvalue weighted by Gasteiger charge is 2.30. The highest BCUT2D eigenvalue weighted by atomic mass is 16.5. The number of nitrogens with zero attached hydrogens (tertiary/aromatic N) is 1. The summed E-state index contributed by atoms with van der Waals surface area (Å²) in [6.45, 7) is 2.92. The van der Waals surface area contributed by atoms with Gasteiger partial charge in [0.25, 0.3) is 0 Å². The first-order chi connectivity index (χ1) is 10.7. The number of aromatic amines is 1. The number of carbonyl (C=O) groups is 1. The van der Waals surface area contributed by atoms with Crippen molar-refractivity contribution in [3.8, 4) is 5.75 Å². The first-order valence-electron chi connectivity index (χ1n) is 7.95. The molecule has 1 aromatic heterocycles. The number of amides is 1. The molecule has 114 valence electrons. The molecule has 0 bridgehead atoms. The number of H-pyrrole nitrogens is 1. The predicted molar refractivity (Wildman–Crippen MR) is 86.9 cm³/mol. The van der Waals surface area contributed by atoms with E-state index in [1.807, 2.05) is 4.90 Å². The van der Waals surface area contributed by atoms with Gasteiger partial charge in [0.1, 0.15) is 5.75 Å². The topological polar surface area (TPSA) is 45.3 Å². The fourth-order valence-corrected chi connectivity index (χ4v) is 3.68. The van der Waals surface area contributed by atoms with Gasteiger partial charge in [-0.15, -0.1) is 0 Å². The monoisotopic (exact) mass is 296 g/mol. The third-order valence-electron chi connectivity index (χ3n) is 4.82. The SMILES string of the molecule is CCc1cc2[nH]c3c(c2cc1OC)CCN1C(=O)CCC=C31. The molecular formula is C18H20N2O2. The predicted octanol–water partition coefficient (Wildman–Crippen LogP) is 3.26. The fraction of sp³-hybridized carbons (Fsp3) is 0.389. The molecule has 4 rings (SSSR count). The van der Waals surface area contributed by atoms with Crippen LogP contribution in [-0.4, -0.2) is 29.4 Å². The number of carbonyl (C=O) groups excluding carboxylic acids is 1. The zero-order valence-electron chi connectivity index (χ0n) is 13.0. The first-order valence-corrected chi connectivity index (χ1v) is 7.95. The van der Waals surface area contributed by atoms with Crippen LogP contribution >= 0.6 is 0 Å². The minimum absolute atomic E-state index is 0.244. The normalized spacial score (nSPS) is 17.3. The Kier molecular flexibility index (Phi) is 2.99. The van der Waals surface area contributed by atoms with Crippen LogP contribution in [0.4, 0.5) is 0 Å². The van der Waals surface area contributed by atoms with Gasteiger partial charge in [-0.25, -0.2) is 0 Å². The molecule has 3 heterocycles. The molecule has 0 radical (unpaired) electrons. The van der Waals surface area contributed by atoms with E-state index in [1.54, 1.807) is 7.11 Å². The van der Waals surface area contributed by atoms with Crippen LogP contribution in [0, 0.1) is 0 Å². The Morgan fingerprint density at radius 3 is 2.95 bits per heavy atom. The van der Waals surface area contributed by atoms with Crippen molar-refractivity contribution in [2.45, 2.75) is 32.6 Å². The van der Waals surface area contributed by atoms with E-state index in [2.05, 4.69) is 30.1 Å². The molecule has 0 saturated heterocycles. The zero-order chi connectivity index (χ0) is 15.3. The lowest BCUT2D eigenvalue weighted by Gasteiger charge is -2.32. The maximum atomic E-state index is 12.1. The summed E-state index contributed by atoms with van der Waals surface area (Å²) in [6.07, 6.45) is 5.49. The number of aromatic nitrogens is 1. The number of rotatable bonds is 2. The van der Waals surface area contributed by atoms with E-state index in [4.69, 9.17) is 4.74 Å². The number of fused-ring (bicyclic) bond motifs is 5. The van der Waals surface area contributed by atoms with E-state index in [0.29, 0.717) is 6.42 Å². The molecule has 4 heteroatoms. The molecule has 0 atom stereocenters. The quantitative estimate of drug-likeness (QED) is 0.924. The second-order valence-corrected chi connectivity index (χ2v) is 5.97. The van der Waals surface area contributed by atoms with Gasteiger partial charge in [-0.1, -0.05) is 13.0 Å². The number of ether oxygens (including phenoxy) is 1. The van der Waals surface area contributed by atoms with Crippen molar-refractivity contribution < 1.29 is 9.53 Å². The Morgan fingerprint density at radius 2 is 2.18 bits per heavy atom. The number of hydrogen-bond donors (Lipinski definition) is 1. The maximum Gasteiger partial charge on any atom is 0.227 e. The highest BCUT2D eigenvalue weighted by Crippen LogP contribution is 2.38. The third-order valence-corrected chi connectivity index (χ3v) is 4.82. The van der Waals surface area contributed by atoms with Crippen molar-refractivity contribution in [1.82, 2.24) is 9.88 Å². The molecule has 1 amide bonds. The van der Waals surface area contributed by atoms with Crippen molar-refractivity contribution in [2.24, 2.45) is 0 Å². The summed E-state index contributed by atoms with van der Waals surface area (Å²) in [4.78, 5) is 17.6. The Labute approximate surface area is 129 Å². The number of aryl methyl sites for hydroxylation is 1. The largest absolute Gasteiger partial charge is 0.496 e. The van der Waals surface area contributed by atoms with Crippen LogP contribution in [-0.2, 0) is 17.6 Å². The van der Waals surface area contributed by atoms with E-state index in [-0.39, 0.29) is 5.91 Å². The average molecular weight is 296 g/mol. The van der Waals surface area contributed by atoms with Crippen LogP contribution in [0.3, 0.4) is 0 Å². The van der Waals surface area contributed by atoms with Crippen LogP contribution in [0.25, 0.3) is 16.6 Å². The summed E-state index contributed by atoms with van der Waals surface area (Å²) in [5, 5.41) is 1.22. The summed E-state index contributed by atoms with van der Waals surface area (Å²) in [6, 6.07) is 4.33. The number of hydrogen-bond acceptors (Lipinski definition) is 2. The zero-order valence-corrected chi connectivity index (χ0v) is 13.0. The summed E-state index contributed by atoms with van der Waals surface area (Å²) < 4.78 is 5.54. The van der Waals surface area contributed by atoms with E-state index in [9.17, 15) is 4.79 Å². The van der Waals surface area contributed by atoms with Gasteiger partial charge in [-0.05, 0) is 42.5 Å². The minimum Gasteiger partial charge on any atom is -0.496 e. The lowest BCUT2D eigenvalue weighted by Crippen LogP contribution is -2.36. The van der Waals surface area contributed by atoms with E-state index in [1.165, 1.54) is 16.5 Å². The molecule has 2 aromatic rings. The van der Waals surface area contributed by atoms with Gasteiger partial charge in [0.15, 0.2) is 0 Å². The van der Waals surface area contributed by atoms with E-state index < -0.39 is 0 Å². The van der Waals surface area contributed by atoms with Crippen LogP contribution in [0.1, 0.15) is 36.6 Å². The molecule has 4 nitrogen and oxygen atoms in total. The van der Waals surface area contributed by atoms with E-state index in [0.717, 1.165) is 48.5 Å². The Hall–Kier alpha value is -2.23. The third kappa shape index (κ3) is 1.79. The molecule has 0 unspecified atom stereocenters. The fourth-order valence-electron chi connectivity index (χ4n) is 3.68. The molecule has 2 aliphatic heterocycles. The summed E-state index contributed by atoms with van der Waals surface area (Å²) in [5.74, 6) is 1.20. The van der Waals surface area contributed by atoms with Crippen LogP contribution in [0.15, 0.2) is 18.2 Å². The van der Waals surface area contributed by atoms with Gasteiger partial charge in [-0.2, -0.15) is 0 Å². The Balaban J connectivity index is 1.93. The van der Waals surface area contributed by atoms with Crippen molar-refractivity contribution in [3.63, 3.8) is 0 Å². The lowest BCUT2D eigenvalue weighted by molar-refractivity contribution is -0.128. The van der Waals surface area contributed by atoms with Gasteiger partial charge in [0.2, 0.25) is 5.91 Å². The Bertz CT molecular complexity index is 801. The summed E-state index contributed by atoms with van der Waals surface area (Å²) in [5.41, 5.74) is 5.84. The average Bonchev–Trinajstić information content (AvgIpc) is 2.91. The van der Waals surface area contributed by atoms with Crippen molar-refractivity contribution in [3.05, 3.63) is 35.0 Å². The van der Waals surface area contributed by atoms with Crippen molar-refractivity contribution >= 4 is 22.5 Å². The van der Waals surface area contributed by atoms with Gasteiger partial charge < -0.3 is 14.6 Å². The molecule has 1 aromatic carbocycles. The number of nitrogens with one attached hydrogen (secondary N) is 1. The van der Waals surface area contributed by atoms with E-state index >= 15 is 0 Å². The van der Waals surface area contributed by atoms with Crippen LogP contribution < -0.4 is 4.74 Å². The molecule has 1 N–H and O–H groups in total. The van der Waals surface area contributed by atoms with Gasteiger partial charge >= 0.3 is 0 Å². The Morgan fingerprint density at radius 1 is 1.32 bits per heavy atom. The smallest absolute Gasteiger partial charge is 0.227 e. The number of benzene rings is 1. The van der Waals surface area contributed by atoms with Gasteiger partial charge in [-0.3, -0.25) is 4.79 Å². The minimum atomic E-state index is 0.244. The van der Waals surface area contributed by atoms with Crippen LogP contribution in [0.2, 0.25) is 0 Å². The number of allylic oxidation sites excluding steroid dienone is 1. The molecule has 0 fully saturated rings. The van der Waals surface area contributed by atoms with Crippen molar-refractivity contribution in [1.29, 1.82) is 0 Å². The molecule has 22 heavy (non-hydrogen) atoms. The molecule has 0 spiro atoms. The number of methoxy groups -OCH3 is 1. The maximum absolute atomic E-state index is 12.1. The molecular weight excluding hydrogens is 276 g/mol. The van der Waals surface area contributed by atoms with Crippen LogP contribution in [0.5, 0.6) is 5.75 Å². The van der Waals surface area contributed by atoms with Crippen molar-refractivity contribution in [2.75, 3.05) is 13.7 Å². The standard InChI is InChI=1S/C18H20N2O2/c1-3-11-9-14-13(10-16(11)22-2)12-7-8-20-15(18(12)19-14)5-4-6-17(20)21/h5,9-10,19H,3-4,6-8H2,1-2H3. The highest BCUT2D eigenvalue weighted by molar-refractivity contribution is 5.96. The molecule has 0 aliphatic carbocycles. The first kappa shape index (κ1) is 13.4. The second kappa shape index (κ2) is 4.90. The van der Waals surface area contributed by atoms with Gasteiger partial charge in [0, 0.05) is 23.9 Å². The van der Waals surface area contributed by atoms with Gasteiger partial charge in [0.05, 0.1) is 18.5 Å². The second-order valence-electron chi connectivity index (χ2n) is 5.97. The molecule has 2 aliphatic rings. The summed E-state index contributed by atoms with van der Waals surface area (Å²) >= 11 is 0. The summed E-state index contributed by atoms with van der Waals surface area (Å²) in [7, 11) is 1.73. The lowest BCUT2D eigenvalue weighted by atomic mass is 9.96.